The average molecular weight is 407 g/mol. The molecular formula is C27H21NO3. The van der Waals surface area contributed by atoms with Crippen LogP contribution in [0.3, 0.4) is 0 Å². The van der Waals surface area contributed by atoms with Gasteiger partial charge in [0.25, 0.3) is 0 Å². The minimum atomic E-state index is -1.15. The van der Waals surface area contributed by atoms with E-state index in [9.17, 15) is 14.4 Å². The van der Waals surface area contributed by atoms with Crippen LogP contribution < -0.4 is 4.90 Å². The minimum absolute atomic E-state index is 0.205. The fraction of sp³-hybridized carbons (Fsp3) is 0.222. The zero-order valence-electron chi connectivity index (χ0n) is 17.3. The van der Waals surface area contributed by atoms with E-state index in [1.165, 1.54) is 4.90 Å². The summed E-state index contributed by atoms with van der Waals surface area (Å²) in [7, 11) is 0. The lowest BCUT2D eigenvalue weighted by Gasteiger charge is -2.51. The van der Waals surface area contributed by atoms with Crippen LogP contribution >= 0.6 is 0 Å². The first kappa shape index (κ1) is 18.3. The Morgan fingerprint density at radius 1 is 0.806 bits per heavy atom. The van der Waals surface area contributed by atoms with Crippen LogP contribution in [-0.4, -0.2) is 18.1 Å². The van der Waals surface area contributed by atoms with E-state index in [1.807, 2.05) is 80.6 Å². The highest BCUT2D eigenvalue weighted by Gasteiger charge is 2.68. The molecule has 7 rings (SSSR count). The third-order valence-electron chi connectivity index (χ3n) is 7.69. The van der Waals surface area contributed by atoms with Crippen molar-refractivity contribution in [3.8, 4) is 0 Å². The van der Waals surface area contributed by atoms with Gasteiger partial charge in [0.1, 0.15) is 6.29 Å². The smallest absolute Gasteiger partial charge is 0.239 e. The fourth-order valence-electron chi connectivity index (χ4n) is 6.25. The van der Waals surface area contributed by atoms with E-state index in [2.05, 4.69) is 0 Å². The van der Waals surface area contributed by atoms with E-state index in [1.54, 1.807) is 0 Å². The van der Waals surface area contributed by atoms with Crippen molar-refractivity contribution >= 4 is 23.8 Å². The lowest BCUT2D eigenvalue weighted by atomic mass is 9.48. The molecular weight excluding hydrogens is 386 g/mol. The quantitative estimate of drug-likeness (QED) is 0.476. The highest BCUT2D eigenvalue weighted by Crippen LogP contribution is 2.63. The van der Waals surface area contributed by atoms with Crippen LogP contribution in [0, 0.1) is 25.7 Å². The lowest BCUT2D eigenvalue weighted by molar-refractivity contribution is -0.128. The molecule has 3 aliphatic carbocycles. The molecule has 3 aromatic rings. The monoisotopic (exact) mass is 407 g/mol. The molecule has 4 nitrogen and oxygen atoms in total. The van der Waals surface area contributed by atoms with E-state index in [0.717, 1.165) is 39.7 Å². The van der Waals surface area contributed by atoms with E-state index in [-0.39, 0.29) is 17.7 Å². The zero-order chi connectivity index (χ0) is 21.5. The SMILES string of the molecule is Cc1cccc(N2C(=O)[C@H]3C4c5ccccc5C(C=O)(c5ccccc54)[C@H]3C2=O)c1C. The van der Waals surface area contributed by atoms with Crippen molar-refractivity contribution in [1.82, 2.24) is 0 Å². The van der Waals surface area contributed by atoms with E-state index in [0.29, 0.717) is 5.69 Å². The number of carbonyl (C=O) groups is 3. The Hall–Kier alpha value is -3.53. The predicted octanol–water partition coefficient (Wildman–Crippen LogP) is 4.05. The fourth-order valence-corrected chi connectivity index (χ4v) is 6.25. The maximum absolute atomic E-state index is 13.9. The lowest BCUT2D eigenvalue weighted by Crippen LogP contribution is -2.54. The van der Waals surface area contributed by atoms with Crippen LogP contribution in [0.1, 0.15) is 39.3 Å². The molecule has 1 heterocycles. The third-order valence-corrected chi connectivity index (χ3v) is 7.69. The van der Waals surface area contributed by atoms with Crippen molar-refractivity contribution in [3.63, 3.8) is 0 Å². The van der Waals surface area contributed by atoms with E-state index in [4.69, 9.17) is 0 Å². The van der Waals surface area contributed by atoms with Gasteiger partial charge in [-0.05, 0) is 53.3 Å². The van der Waals surface area contributed by atoms with Crippen molar-refractivity contribution < 1.29 is 14.4 Å². The van der Waals surface area contributed by atoms with Gasteiger partial charge in [-0.3, -0.25) is 9.59 Å². The van der Waals surface area contributed by atoms with Gasteiger partial charge in [0.2, 0.25) is 11.8 Å². The highest BCUT2D eigenvalue weighted by molar-refractivity contribution is 6.25. The molecule has 2 atom stereocenters. The van der Waals surface area contributed by atoms with Crippen LogP contribution in [0.4, 0.5) is 5.69 Å². The molecule has 0 aromatic heterocycles. The van der Waals surface area contributed by atoms with E-state index >= 15 is 0 Å². The average Bonchev–Trinajstić information content (AvgIpc) is 3.07. The number of amides is 2. The summed E-state index contributed by atoms with van der Waals surface area (Å²) in [5.74, 6) is -2.02. The largest absolute Gasteiger partial charge is 0.302 e. The van der Waals surface area contributed by atoms with Gasteiger partial charge in [0.15, 0.2) is 0 Å². The van der Waals surface area contributed by atoms with Gasteiger partial charge in [0.05, 0.1) is 22.9 Å². The standard InChI is InChI=1S/C27H21NO3/c1-15-8-7-13-21(16(15)2)28-25(30)23-22-17-9-3-5-11-19(17)27(14-29,24(23)26(28)31)20-12-6-4-10-18(20)22/h3-14,22-24H,1-2H3/t22?,23-,24+,27?/m0/s1. The summed E-state index contributed by atoms with van der Waals surface area (Å²) < 4.78 is 0. The Morgan fingerprint density at radius 3 is 2.03 bits per heavy atom. The molecule has 0 N–H and O–H groups in total. The Bertz CT molecular complexity index is 1260. The third kappa shape index (κ3) is 1.98. The molecule has 3 aromatic carbocycles. The summed E-state index contributed by atoms with van der Waals surface area (Å²) in [5.41, 5.74) is 5.09. The summed E-state index contributed by atoms with van der Waals surface area (Å²) in [6.07, 6.45) is 0.912. The summed E-state index contributed by atoms with van der Waals surface area (Å²) in [4.78, 5) is 42.1. The highest BCUT2D eigenvalue weighted by atomic mass is 16.2. The molecule has 0 spiro atoms. The number of hydrogen-bond acceptors (Lipinski definition) is 3. The molecule has 1 saturated heterocycles. The topological polar surface area (TPSA) is 54.5 Å². The van der Waals surface area contributed by atoms with Crippen LogP contribution in [0.15, 0.2) is 66.7 Å². The van der Waals surface area contributed by atoms with Crippen molar-refractivity contribution in [3.05, 3.63) is 100 Å². The van der Waals surface area contributed by atoms with Crippen LogP contribution in [-0.2, 0) is 19.8 Å². The Labute approximate surface area is 180 Å². The maximum Gasteiger partial charge on any atom is 0.239 e. The first-order valence-electron chi connectivity index (χ1n) is 10.6. The van der Waals surface area contributed by atoms with Crippen molar-refractivity contribution in [2.24, 2.45) is 11.8 Å². The van der Waals surface area contributed by atoms with Crippen LogP contribution in [0.2, 0.25) is 0 Å². The van der Waals surface area contributed by atoms with Gasteiger partial charge < -0.3 is 4.79 Å². The first-order valence-corrected chi connectivity index (χ1v) is 10.6. The molecule has 4 aliphatic rings. The second-order valence-corrected chi connectivity index (χ2v) is 8.87. The summed E-state index contributed by atoms with van der Waals surface area (Å²) in [6.45, 7) is 3.90. The molecule has 4 heteroatoms. The Balaban J connectivity index is 1.66. The number of anilines is 1. The molecule has 152 valence electrons. The number of nitrogens with zero attached hydrogens (tertiary/aromatic N) is 1. The predicted molar refractivity (Wildman–Crippen MR) is 117 cm³/mol. The minimum Gasteiger partial charge on any atom is -0.302 e. The van der Waals surface area contributed by atoms with Gasteiger partial charge in [-0.2, -0.15) is 0 Å². The molecule has 2 amide bonds. The number of aryl methyl sites for hydroxylation is 1. The first-order chi connectivity index (χ1) is 15.0. The molecule has 0 saturated carbocycles. The van der Waals surface area contributed by atoms with Gasteiger partial charge in [-0.15, -0.1) is 0 Å². The van der Waals surface area contributed by atoms with Gasteiger partial charge >= 0.3 is 0 Å². The van der Waals surface area contributed by atoms with Gasteiger partial charge in [0, 0.05) is 5.92 Å². The van der Waals surface area contributed by atoms with Crippen LogP contribution in [0.25, 0.3) is 0 Å². The second-order valence-electron chi connectivity index (χ2n) is 8.87. The number of hydrogen-bond donors (Lipinski definition) is 0. The number of carbonyl (C=O) groups excluding carboxylic acids is 3. The van der Waals surface area contributed by atoms with Gasteiger partial charge in [-0.25, -0.2) is 4.90 Å². The molecule has 0 radical (unpaired) electrons. The Morgan fingerprint density at radius 2 is 1.42 bits per heavy atom. The van der Waals surface area contributed by atoms with Crippen molar-refractivity contribution in [1.29, 1.82) is 0 Å². The van der Waals surface area contributed by atoms with Crippen molar-refractivity contribution in [2.45, 2.75) is 25.2 Å². The molecule has 1 fully saturated rings. The van der Waals surface area contributed by atoms with Crippen LogP contribution in [0.5, 0.6) is 0 Å². The number of rotatable bonds is 2. The number of benzene rings is 3. The summed E-state index contributed by atoms with van der Waals surface area (Å²) in [5, 5.41) is 0. The van der Waals surface area contributed by atoms with Crippen molar-refractivity contribution in [2.75, 3.05) is 4.90 Å². The Kier molecular flexibility index (Phi) is 3.54. The summed E-state index contributed by atoms with van der Waals surface area (Å²) in [6, 6.07) is 21.3. The number of aldehydes is 1. The molecule has 2 bridgehead atoms. The maximum atomic E-state index is 13.9. The van der Waals surface area contributed by atoms with Gasteiger partial charge in [-0.1, -0.05) is 60.7 Å². The summed E-state index contributed by atoms with van der Waals surface area (Å²) >= 11 is 0. The van der Waals surface area contributed by atoms with E-state index < -0.39 is 17.3 Å². The number of imide groups is 1. The molecule has 0 unspecified atom stereocenters. The molecule has 31 heavy (non-hydrogen) atoms. The normalized spacial score (nSPS) is 27.7. The zero-order valence-corrected chi connectivity index (χ0v) is 17.3. The second kappa shape index (κ2) is 6.01. The molecule has 1 aliphatic heterocycles.